The fourth-order valence-electron chi connectivity index (χ4n) is 9.50. The van der Waals surface area contributed by atoms with Crippen molar-refractivity contribution >= 4 is 28.0 Å². The molecule has 70 heavy (non-hydrogen) atoms. The number of guanidine groups is 3. The van der Waals surface area contributed by atoms with Crippen LogP contribution in [0.4, 0.5) is 0 Å². The van der Waals surface area contributed by atoms with Gasteiger partial charge in [-0.15, -0.1) is 0 Å². The van der Waals surface area contributed by atoms with Crippen LogP contribution < -0.4 is 28.3 Å². The molecule has 12 N–H and O–H groups in total. The fraction of sp³-hybridized carbons (Fsp3) is 0.842. The van der Waals surface area contributed by atoms with Crippen LogP contribution in [0.3, 0.4) is 0 Å². The van der Waals surface area contributed by atoms with Gasteiger partial charge in [-0.1, -0.05) is 226 Å². The quantitative estimate of drug-likeness (QED) is 0.0134. The second-order valence-corrected chi connectivity index (χ2v) is 21.7. The lowest BCUT2D eigenvalue weighted by atomic mass is 9.90. The first kappa shape index (κ1) is 66.9. The Labute approximate surface area is 432 Å². The van der Waals surface area contributed by atoms with Crippen LogP contribution in [0, 0.1) is 10.8 Å². The van der Waals surface area contributed by atoms with Gasteiger partial charge in [0.15, 0.2) is 17.9 Å². The molecule has 0 aliphatic rings. The molecule has 0 fully saturated rings. The highest BCUT2D eigenvalue weighted by atomic mass is 32.2. The normalized spacial score (nSPS) is 11.3. The van der Waals surface area contributed by atoms with Crippen LogP contribution in [0.25, 0.3) is 0 Å². The summed E-state index contributed by atoms with van der Waals surface area (Å²) in [4.78, 5) is 6.06. The van der Waals surface area contributed by atoms with E-state index in [1.807, 2.05) is 11.0 Å². The molecule has 0 aliphatic carbocycles. The summed E-state index contributed by atoms with van der Waals surface area (Å²) in [6, 6.07) is 3.75. The maximum absolute atomic E-state index is 12.5. The number of nitrogens with one attached hydrogen (secondary N) is 3. The Morgan fingerprint density at radius 1 is 0.500 bits per heavy atom. The van der Waals surface area contributed by atoms with E-state index in [0.717, 1.165) is 115 Å². The zero-order chi connectivity index (χ0) is 51.8. The third-order valence-corrected chi connectivity index (χ3v) is 14.7. The van der Waals surface area contributed by atoms with Gasteiger partial charge >= 0.3 is 0 Å². The minimum absolute atomic E-state index is 0.0241. The molecule has 13 heteroatoms. The molecule has 0 aromatic heterocycles. The Morgan fingerprint density at radius 2 is 0.857 bits per heavy atom. The van der Waals surface area contributed by atoms with Crippen molar-refractivity contribution in [1.29, 1.82) is 10.8 Å². The molecule has 1 rings (SSSR count). The van der Waals surface area contributed by atoms with Gasteiger partial charge in [0.25, 0.3) is 10.1 Å². The van der Waals surface area contributed by atoms with Gasteiger partial charge < -0.3 is 33.2 Å². The van der Waals surface area contributed by atoms with Gasteiger partial charge in [0.2, 0.25) is 0 Å². The van der Waals surface area contributed by atoms with Crippen LogP contribution in [0.15, 0.2) is 22.0 Å². The summed E-state index contributed by atoms with van der Waals surface area (Å²) >= 11 is 0. The Bertz CT molecular complexity index is 1520. The van der Waals surface area contributed by atoms with Crippen molar-refractivity contribution in [2.24, 2.45) is 27.9 Å². The standard InChI is InChI=1S/C42H78O3S.C15H35N9/c1-4-7-10-13-16-19-22-25-28-31-34-39-37-38-42(46(43,44)45)41(36-33-30-27-24-21-18-15-12-9-6-3)40(39)35-32-29-26-23-20-17-14-11-8-5-2;16-13(17)22-9-5-1-3-7-11-24(15(20)21)12-8-4-2-6-10-23-14(18)19/h37-38H,4-36H2,1-3H3,(H,43,44,45);1-12H2,(H3,20,21)(H4,16,17,22)(H4,18,19,23). The Kier molecular flexibility index (Phi) is 46.1. The molecule has 0 radical (unpaired) electrons. The number of aryl methyl sites for hydroxylation is 1. The zero-order valence-corrected chi connectivity index (χ0v) is 46.7. The highest BCUT2D eigenvalue weighted by Crippen LogP contribution is 2.29. The second kappa shape index (κ2) is 48.2. The van der Waals surface area contributed by atoms with Gasteiger partial charge in [-0.05, 0) is 87.0 Å². The molecule has 0 bridgehead atoms. The zero-order valence-electron chi connectivity index (χ0n) is 45.9. The predicted octanol–water partition coefficient (Wildman–Crippen LogP) is 14.4. The minimum Gasteiger partial charge on any atom is -0.370 e. The van der Waals surface area contributed by atoms with E-state index >= 15 is 0 Å². The number of benzene rings is 1. The largest absolute Gasteiger partial charge is 0.370 e. The number of rotatable bonds is 48. The van der Waals surface area contributed by atoms with E-state index in [0.29, 0.717) is 6.54 Å². The highest BCUT2D eigenvalue weighted by molar-refractivity contribution is 7.85. The van der Waals surface area contributed by atoms with E-state index in [4.69, 9.17) is 33.8 Å². The monoisotopic (exact) mass is 1000 g/mol. The summed E-state index contributed by atoms with van der Waals surface area (Å²) in [6.45, 7) is 9.89. The number of hydrogen-bond donors (Lipinski definition) is 8. The van der Waals surface area contributed by atoms with Crippen molar-refractivity contribution in [2.75, 3.05) is 26.2 Å². The third-order valence-electron chi connectivity index (χ3n) is 13.8. The van der Waals surface area contributed by atoms with Crippen molar-refractivity contribution in [3.63, 3.8) is 0 Å². The van der Waals surface area contributed by atoms with Crippen molar-refractivity contribution in [1.82, 2.24) is 10.2 Å². The molecule has 12 nitrogen and oxygen atoms in total. The topological polar surface area (TPSA) is 234 Å². The summed E-state index contributed by atoms with van der Waals surface area (Å²) in [5.41, 5.74) is 24.9. The van der Waals surface area contributed by atoms with Gasteiger partial charge in [0.05, 0.1) is 4.90 Å². The number of hydrogen-bond acceptors (Lipinski definition) is 5. The molecule has 0 aliphatic heterocycles. The molecule has 0 unspecified atom stereocenters. The molecule has 0 saturated heterocycles. The average Bonchev–Trinajstić information content (AvgIpc) is 3.31. The molecule has 1 aromatic rings. The Hall–Kier alpha value is -3.06. The average molecular weight is 1000 g/mol. The van der Waals surface area contributed by atoms with Crippen molar-refractivity contribution < 1.29 is 13.0 Å². The molecule has 0 saturated carbocycles. The third kappa shape index (κ3) is 41.5. The maximum Gasteiger partial charge on any atom is 0.294 e. The SMILES string of the molecule is CCCCCCCCCCCCc1ccc(S(=O)(=O)O)c(CCCCCCCCCCCC)c1CCCCCCCCCCCC.N=C(N)NCCCCCCN(CCCCCCN=C(N)N)C(=N)N. The predicted molar refractivity (Wildman–Crippen MR) is 304 cm³/mol. The van der Waals surface area contributed by atoms with Gasteiger partial charge in [0, 0.05) is 26.2 Å². The Balaban J connectivity index is 0.00000167. The summed E-state index contributed by atoms with van der Waals surface area (Å²) in [5, 5.41) is 17.5. The van der Waals surface area contributed by atoms with Crippen LogP contribution in [0.1, 0.15) is 281 Å². The first-order valence-electron chi connectivity index (χ1n) is 29.2. The lowest BCUT2D eigenvalue weighted by Crippen LogP contribution is -2.37. The summed E-state index contributed by atoms with van der Waals surface area (Å²) in [5.74, 6) is 0.319. The van der Waals surface area contributed by atoms with Crippen molar-refractivity contribution in [3.05, 3.63) is 28.8 Å². The lowest BCUT2D eigenvalue weighted by Gasteiger charge is -2.22. The van der Waals surface area contributed by atoms with Gasteiger partial charge in [0.1, 0.15) is 0 Å². The summed E-state index contributed by atoms with van der Waals surface area (Å²) in [6.07, 6.45) is 50.1. The highest BCUT2D eigenvalue weighted by Gasteiger charge is 2.21. The van der Waals surface area contributed by atoms with Gasteiger partial charge in [-0.25, -0.2) is 0 Å². The van der Waals surface area contributed by atoms with Crippen LogP contribution in [-0.2, 0) is 29.4 Å². The van der Waals surface area contributed by atoms with E-state index < -0.39 is 10.1 Å². The molecule has 0 heterocycles. The number of nitrogens with zero attached hydrogens (tertiary/aromatic N) is 2. The molecule has 0 amide bonds. The molecule has 410 valence electrons. The summed E-state index contributed by atoms with van der Waals surface area (Å²) in [7, 11) is -4.23. The van der Waals surface area contributed by atoms with E-state index in [1.54, 1.807) is 6.07 Å². The van der Waals surface area contributed by atoms with Crippen LogP contribution in [0.2, 0.25) is 0 Å². The first-order valence-corrected chi connectivity index (χ1v) is 30.7. The van der Waals surface area contributed by atoms with E-state index in [-0.39, 0.29) is 22.8 Å². The lowest BCUT2D eigenvalue weighted by molar-refractivity contribution is 0.380. The first-order chi connectivity index (χ1) is 33.9. The molecule has 0 atom stereocenters. The molecular weight excluding hydrogens is 891 g/mol. The maximum atomic E-state index is 12.5. The fourth-order valence-corrected chi connectivity index (χ4v) is 10.3. The number of aliphatic imine (C=N–C) groups is 1. The molecule has 0 spiro atoms. The van der Waals surface area contributed by atoms with Crippen molar-refractivity contribution in [3.8, 4) is 0 Å². The molecule has 1 aromatic carbocycles. The van der Waals surface area contributed by atoms with Gasteiger partial charge in [-0.2, -0.15) is 8.42 Å². The molecular formula is C57H113N9O3S. The van der Waals surface area contributed by atoms with Crippen molar-refractivity contribution in [2.45, 2.75) is 289 Å². The summed E-state index contributed by atoms with van der Waals surface area (Å²) < 4.78 is 35.3. The second-order valence-electron chi connectivity index (χ2n) is 20.3. The van der Waals surface area contributed by atoms with E-state index in [9.17, 15) is 13.0 Å². The van der Waals surface area contributed by atoms with Crippen LogP contribution in [0.5, 0.6) is 0 Å². The van der Waals surface area contributed by atoms with Gasteiger partial charge in [-0.3, -0.25) is 20.4 Å². The van der Waals surface area contributed by atoms with Crippen LogP contribution in [-0.4, -0.2) is 61.9 Å². The smallest absolute Gasteiger partial charge is 0.294 e. The Morgan fingerprint density at radius 3 is 1.24 bits per heavy atom. The van der Waals surface area contributed by atoms with E-state index in [2.05, 4.69) is 31.1 Å². The minimum atomic E-state index is -4.23. The van der Waals surface area contributed by atoms with Crippen LogP contribution >= 0.6 is 0 Å². The number of nitrogens with two attached hydrogens (primary N) is 4. The van der Waals surface area contributed by atoms with E-state index in [1.165, 1.54) is 184 Å². The number of unbranched alkanes of at least 4 members (excludes halogenated alkanes) is 33.